The molecule has 2 amide bonds. The average molecular weight is 674 g/mol. The molecule has 2 heterocycles. The number of aliphatic hydroxyl groups is 1. The van der Waals surface area contributed by atoms with Crippen molar-refractivity contribution < 1.29 is 19.4 Å². The van der Waals surface area contributed by atoms with Crippen LogP contribution in [0.1, 0.15) is 69.5 Å². The van der Waals surface area contributed by atoms with Crippen LogP contribution in [0.3, 0.4) is 0 Å². The van der Waals surface area contributed by atoms with Gasteiger partial charge in [0.2, 0.25) is 5.91 Å². The summed E-state index contributed by atoms with van der Waals surface area (Å²) in [4.78, 5) is 30.1. The lowest BCUT2D eigenvalue weighted by Gasteiger charge is -2.18. The number of ether oxygens (including phenoxy) is 1. The van der Waals surface area contributed by atoms with Gasteiger partial charge in [-0.05, 0) is 87.2 Å². The van der Waals surface area contributed by atoms with Crippen LogP contribution >= 0.6 is 0 Å². The van der Waals surface area contributed by atoms with Crippen molar-refractivity contribution in [2.45, 2.75) is 65.8 Å². The molecule has 5 aromatic rings. The van der Waals surface area contributed by atoms with Crippen molar-refractivity contribution in [1.29, 1.82) is 0 Å². The monoisotopic (exact) mass is 673 g/mol. The Morgan fingerprint density at radius 1 is 0.840 bits per heavy atom. The zero-order valence-corrected chi connectivity index (χ0v) is 29.3. The molecule has 0 radical (unpaired) electrons. The number of nitrogens with one attached hydrogen (secondary N) is 3. The zero-order valence-electron chi connectivity index (χ0n) is 29.3. The SMILES string of the molecule is CCOc1ccccc1CNC(=O)c1ccc(CNC(=O)Cc2cccc(C[C@@H](C)NC[C@H](O)c3ccc(-n4c(C)ccc4C)nc3)c2)cc1. The lowest BCUT2D eigenvalue weighted by molar-refractivity contribution is -0.120. The van der Waals surface area contributed by atoms with Gasteiger partial charge in [-0.15, -0.1) is 0 Å². The van der Waals surface area contributed by atoms with E-state index in [1.807, 2.05) is 81.4 Å². The Kier molecular flexibility index (Phi) is 12.6. The van der Waals surface area contributed by atoms with Crippen LogP contribution < -0.4 is 20.7 Å². The Balaban J connectivity index is 1.04. The van der Waals surface area contributed by atoms with Gasteiger partial charge in [0.15, 0.2) is 0 Å². The fourth-order valence-electron chi connectivity index (χ4n) is 5.93. The molecule has 50 heavy (non-hydrogen) atoms. The Labute approximate surface area is 294 Å². The van der Waals surface area contributed by atoms with Crippen molar-refractivity contribution in [1.82, 2.24) is 25.5 Å². The molecular weight excluding hydrogens is 626 g/mol. The van der Waals surface area contributed by atoms with Crippen LogP contribution in [0.15, 0.2) is 103 Å². The Morgan fingerprint density at radius 3 is 2.30 bits per heavy atom. The minimum Gasteiger partial charge on any atom is -0.494 e. The number of amides is 2. The fourth-order valence-corrected chi connectivity index (χ4v) is 5.93. The summed E-state index contributed by atoms with van der Waals surface area (Å²) in [5, 5.41) is 20.2. The number of carbonyl (C=O) groups is 2. The van der Waals surface area contributed by atoms with Gasteiger partial charge in [0, 0.05) is 60.0 Å². The van der Waals surface area contributed by atoms with Gasteiger partial charge in [-0.2, -0.15) is 0 Å². The van der Waals surface area contributed by atoms with Crippen LogP contribution in [0.5, 0.6) is 5.75 Å². The number of hydrogen-bond acceptors (Lipinski definition) is 6. The molecule has 0 saturated carbocycles. The molecule has 0 bridgehead atoms. The van der Waals surface area contributed by atoms with Crippen LogP contribution in [0.25, 0.3) is 5.82 Å². The van der Waals surface area contributed by atoms with Crippen molar-refractivity contribution in [3.05, 3.63) is 148 Å². The van der Waals surface area contributed by atoms with E-state index in [1.165, 1.54) is 0 Å². The van der Waals surface area contributed by atoms with E-state index in [9.17, 15) is 14.7 Å². The maximum atomic E-state index is 12.8. The Hall–Kier alpha value is -5.25. The van der Waals surface area contributed by atoms with E-state index in [4.69, 9.17) is 4.74 Å². The van der Waals surface area contributed by atoms with Gasteiger partial charge in [0.05, 0.1) is 19.1 Å². The number of aliphatic hydroxyl groups excluding tert-OH is 1. The van der Waals surface area contributed by atoms with Crippen LogP contribution in [-0.4, -0.2) is 45.7 Å². The van der Waals surface area contributed by atoms with Gasteiger partial charge in [-0.3, -0.25) is 9.59 Å². The number of carbonyl (C=O) groups excluding carboxylic acids is 2. The first kappa shape index (κ1) is 36.0. The molecule has 9 heteroatoms. The molecule has 3 aromatic carbocycles. The van der Waals surface area contributed by atoms with Crippen LogP contribution in [0, 0.1) is 13.8 Å². The highest BCUT2D eigenvalue weighted by Crippen LogP contribution is 2.19. The Morgan fingerprint density at radius 2 is 1.58 bits per heavy atom. The largest absolute Gasteiger partial charge is 0.494 e. The van der Waals surface area contributed by atoms with E-state index >= 15 is 0 Å². The van der Waals surface area contributed by atoms with Gasteiger partial charge >= 0.3 is 0 Å². The maximum absolute atomic E-state index is 12.8. The number of rotatable bonds is 16. The van der Waals surface area contributed by atoms with Crippen molar-refractivity contribution >= 4 is 11.8 Å². The first-order valence-electron chi connectivity index (χ1n) is 17.1. The van der Waals surface area contributed by atoms with Crippen molar-refractivity contribution in [2.75, 3.05) is 13.2 Å². The van der Waals surface area contributed by atoms with Crippen molar-refractivity contribution in [2.24, 2.45) is 0 Å². The number of para-hydroxylation sites is 1. The normalized spacial score (nSPS) is 12.3. The second-order valence-corrected chi connectivity index (χ2v) is 12.6. The van der Waals surface area contributed by atoms with E-state index in [0.29, 0.717) is 31.8 Å². The summed E-state index contributed by atoms with van der Waals surface area (Å²) in [5.41, 5.74) is 7.42. The molecule has 0 aliphatic rings. The number of benzene rings is 3. The molecule has 0 saturated heterocycles. The third kappa shape index (κ3) is 9.90. The van der Waals surface area contributed by atoms with E-state index < -0.39 is 6.10 Å². The number of aromatic nitrogens is 2. The predicted octanol–water partition coefficient (Wildman–Crippen LogP) is 5.93. The maximum Gasteiger partial charge on any atom is 0.251 e. The lowest BCUT2D eigenvalue weighted by Crippen LogP contribution is -2.32. The van der Waals surface area contributed by atoms with Gasteiger partial charge in [-0.25, -0.2) is 4.98 Å². The summed E-state index contributed by atoms with van der Waals surface area (Å²) in [6.45, 7) is 9.81. The lowest BCUT2D eigenvalue weighted by atomic mass is 10.0. The number of nitrogens with zero attached hydrogens (tertiary/aromatic N) is 2. The number of aryl methyl sites for hydroxylation is 2. The standard InChI is InChI=1S/C41H47N5O4/c1-5-50-38-12-7-6-11-36(38)26-45-41(49)34-17-15-31(16-18-34)24-44-40(48)23-33-10-8-9-32(22-33)21-28(2)42-27-37(47)35-19-20-39(43-25-35)46-29(3)13-14-30(46)4/h6-20,22,25,28,37,42,47H,5,21,23-24,26-27H2,1-4H3,(H,44,48)(H,45,49)/t28-,37+/m1/s1. The highest BCUT2D eigenvalue weighted by atomic mass is 16.5. The summed E-state index contributed by atoms with van der Waals surface area (Å²) in [7, 11) is 0. The van der Waals surface area contributed by atoms with E-state index in [-0.39, 0.29) is 24.3 Å². The number of hydrogen-bond donors (Lipinski definition) is 4. The third-order valence-corrected chi connectivity index (χ3v) is 8.63. The highest BCUT2D eigenvalue weighted by Gasteiger charge is 2.13. The van der Waals surface area contributed by atoms with Gasteiger partial charge < -0.3 is 30.4 Å². The summed E-state index contributed by atoms with van der Waals surface area (Å²) in [6, 6.07) is 31.0. The molecular formula is C41H47N5O4. The van der Waals surface area contributed by atoms with Gasteiger partial charge in [0.1, 0.15) is 11.6 Å². The molecule has 260 valence electrons. The molecule has 0 aliphatic carbocycles. The Bertz CT molecular complexity index is 1850. The molecule has 5 rings (SSSR count). The minimum atomic E-state index is -0.678. The third-order valence-electron chi connectivity index (χ3n) is 8.63. The second-order valence-electron chi connectivity index (χ2n) is 12.6. The summed E-state index contributed by atoms with van der Waals surface area (Å²) >= 11 is 0. The van der Waals surface area contributed by atoms with Gasteiger partial charge in [-0.1, -0.05) is 60.7 Å². The summed E-state index contributed by atoms with van der Waals surface area (Å²) < 4.78 is 7.73. The molecule has 4 N–H and O–H groups in total. The van der Waals surface area contributed by atoms with E-state index in [2.05, 4.69) is 56.7 Å². The first-order chi connectivity index (χ1) is 24.2. The van der Waals surface area contributed by atoms with E-state index in [0.717, 1.165) is 57.2 Å². The minimum absolute atomic E-state index is 0.0760. The predicted molar refractivity (Wildman–Crippen MR) is 196 cm³/mol. The summed E-state index contributed by atoms with van der Waals surface area (Å²) in [6.07, 6.45) is 2.08. The highest BCUT2D eigenvalue weighted by molar-refractivity contribution is 5.94. The van der Waals surface area contributed by atoms with Crippen molar-refractivity contribution in [3.8, 4) is 11.6 Å². The second kappa shape index (κ2) is 17.4. The smallest absolute Gasteiger partial charge is 0.251 e. The van der Waals surface area contributed by atoms with Crippen LogP contribution in [0.4, 0.5) is 0 Å². The molecule has 0 spiro atoms. The molecule has 0 unspecified atom stereocenters. The van der Waals surface area contributed by atoms with Gasteiger partial charge in [0.25, 0.3) is 5.91 Å². The van der Waals surface area contributed by atoms with E-state index in [1.54, 1.807) is 18.3 Å². The molecule has 2 aromatic heterocycles. The molecule has 0 fully saturated rings. The zero-order chi connectivity index (χ0) is 35.5. The first-order valence-corrected chi connectivity index (χ1v) is 17.1. The van der Waals surface area contributed by atoms with Crippen LogP contribution in [-0.2, 0) is 30.7 Å². The quantitative estimate of drug-likeness (QED) is 0.103. The molecule has 9 nitrogen and oxygen atoms in total. The molecule has 0 aliphatic heterocycles. The average Bonchev–Trinajstić information content (AvgIpc) is 3.46. The van der Waals surface area contributed by atoms with Crippen LogP contribution in [0.2, 0.25) is 0 Å². The summed E-state index contributed by atoms with van der Waals surface area (Å²) in [5.74, 6) is 1.35. The number of pyridine rings is 1. The molecule has 2 atom stereocenters. The fraction of sp³-hybridized carbons (Fsp3) is 0.293. The topological polar surface area (TPSA) is 118 Å². The van der Waals surface area contributed by atoms with Crippen molar-refractivity contribution in [3.63, 3.8) is 0 Å².